The van der Waals surface area contributed by atoms with Crippen LogP contribution in [0.3, 0.4) is 0 Å². The van der Waals surface area contributed by atoms with Gasteiger partial charge in [0.15, 0.2) is 0 Å². The van der Waals surface area contributed by atoms with E-state index in [4.69, 9.17) is 4.74 Å². The van der Waals surface area contributed by atoms with Crippen LogP contribution in [0.15, 0.2) is 4.99 Å². The summed E-state index contributed by atoms with van der Waals surface area (Å²) in [4.78, 5) is 25.7. The molecule has 2 atom stereocenters. The van der Waals surface area contributed by atoms with E-state index in [1.165, 1.54) is 0 Å². The quantitative estimate of drug-likeness (QED) is 0.629. The Bertz CT molecular complexity index is 375. The lowest BCUT2D eigenvalue weighted by molar-refractivity contribution is 0.0790. The molecule has 0 spiro atoms. The number of carbonyl (C=O) groups excluding carboxylic acids is 2. The zero-order chi connectivity index (χ0) is 14.5. The summed E-state index contributed by atoms with van der Waals surface area (Å²) in [6.07, 6.45) is 3.93. The first-order chi connectivity index (χ1) is 8.80. The molecule has 0 aliphatic heterocycles. The lowest BCUT2D eigenvalue weighted by Gasteiger charge is -2.45. The monoisotopic (exact) mass is 268 g/mol. The van der Waals surface area contributed by atoms with E-state index in [1.807, 2.05) is 0 Å². The molecule has 2 unspecified atom stereocenters. The van der Waals surface area contributed by atoms with E-state index in [2.05, 4.69) is 31.1 Å². The number of isocyanates is 1. The van der Waals surface area contributed by atoms with Crippen molar-refractivity contribution in [2.75, 3.05) is 13.2 Å². The summed E-state index contributed by atoms with van der Waals surface area (Å²) in [5, 5.41) is 2.79. The summed E-state index contributed by atoms with van der Waals surface area (Å²) in [5.41, 5.74) is 0.0356. The molecule has 1 fully saturated rings. The normalized spacial score (nSPS) is 29.2. The number of rotatable bonds is 4. The zero-order valence-electron chi connectivity index (χ0n) is 12.3. The Balaban J connectivity index is 2.67. The van der Waals surface area contributed by atoms with Crippen molar-refractivity contribution in [3.05, 3.63) is 0 Å². The van der Waals surface area contributed by atoms with Crippen molar-refractivity contribution in [1.29, 1.82) is 0 Å². The maximum Gasteiger partial charge on any atom is 0.407 e. The summed E-state index contributed by atoms with van der Waals surface area (Å²) >= 11 is 0. The lowest BCUT2D eigenvalue weighted by atomic mass is 9.63. The number of alkyl carbamates (subject to hydrolysis) is 1. The first kappa shape index (κ1) is 15.7. The maximum atomic E-state index is 11.4. The van der Waals surface area contributed by atoms with Gasteiger partial charge in [-0.2, -0.15) is 0 Å². The molecule has 19 heavy (non-hydrogen) atoms. The Labute approximate surface area is 114 Å². The van der Waals surface area contributed by atoms with Gasteiger partial charge in [0.25, 0.3) is 0 Å². The van der Waals surface area contributed by atoms with Gasteiger partial charge in [-0.15, -0.1) is 0 Å². The van der Waals surface area contributed by atoms with Crippen molar-refractivity contribution in [3.63, 3.8) is 0 Å². The van der Waals surface area contributed by atoms with Crippen molar-refractivity contribution < 1.29 is 14.3 Å². The maximum absolute atomic E-state index is 11.4. The fraction of sp³-hybridized carbons (Fsp3) is 0.857. The van der Waals surface area contributed by atoms with Crippen LogP contribution in [0.2, 0.25) is 0 Å². The molecule has 0 radical (unpaired) electrons. The highest BCUT2D eigenvalue weighted by Crippen LogP contribution is 2.46. The molecule has 5 heteroatoms. The van der Waals surface area contributed by atoms with E-state index in [0.29, 0.717) is 13.2 Å². The molecule has 1 amide bonds. The SMILES string of the molecule is CCOC(=O)NCC1(C)CC(N=C=O)CC(C)(C)C1. The first-order valence-electron chi connectivity index (χ1n) is 6.78. The molecule has 1 aliphatic carbocycles. The summed E-state index contributed by atoms with van der Waals surface area (Å²) in [7, 11) is 0. The van der Waals surface area contributed by atoms with Crippen molar-refractivity contribution in [2.24, 2.45) is 15.8 Å². The molecule has 0 saturated heterocycles. The van der Waals surface area contributed by atoms with Crippen molar-refractivity contribution in [3.8, 4) is 0 Å². The summed E-state index contributed by atoms with van der Waals surface area (Å²) in [5.74, 6) is 0. The molecule has 1 saturated carbocycles. The Hall–Kier alpha value is -1.35. The number of aliphatic imine (C=N–C) groups is 1. The fourth-order valence-corrected chi connectivity index (χ4v) is 3.35. The molecule has 1 N–H and O–H groups in total. The Kier molecular flexibility index (Phi) is 5.12. The predicted octanol–water partition coefficient (Wildman–Crippen LogP) is 2.65. The minimum atomic E-state index is -0.387. The molecule has 1 rings (SSSR count). The molecule has 5 nitrogen and oxygen atoms in total. The van der Waals surface area contributed by atoms with Gasteiger partial charge in [-0.1, -0.05) is 20.8 Å². The molecular formula is C14H24N2O3. The third-order valence-electron chi connectivity index (χ3n) is 3.59. The largest absolute Gasteiger partial charge is 0.450 e. The smallest absolute Gasteiger partial charge is 0.407 e. The highest BCUT2D eigenvalue weighted by Gasteiger charge is 2.41. The second-order valence-electron chi connectivity index (χ2n) is 6.51. The molecule has 0 aromatic rings. The van der Waals surface area contributed by atoms with E-state index in [-0.39, 0.29) is 23.0 Å². The van der Waals surface area contributed by atoms with E-state index in [1.54, 1.807) is 13.0 Å². The van der Waals surface area contributed by atoms with Crippen LogP contribution in [0.1, 0.15) is 47.0 Å². The molecule has 0 bridgehead atoms. The molecule has 0 aromatic carbocycles. The Morgan fingerprint density at radius 1 is 1.42 bits per heavy atom. The average molecular weight is 268 g/mol. The molecule has 0 heterocycles. The molecule has 1 aliphatic rings. The van der Waals surface area contributed by atoms with E-state index in [0.717, 1.165) is 19.3 Å². The van der Waals surface area contributed by atoms with E-state index < -0.39 is 0 Å². The third-order valence-corrected chi connectivity index (χ3v) is 3.59. The minimum absolute atomic E-state index is 0.00440. The van der Waals surface area contributed by atoms with E-state index in [9.17, 15) is 9.59 Å². The summed E-state index contributed by atoms with van der Waals surface area (Å²) in [6.45, 7) is 9.14. The topological polar surface area (TPSA) is 67.8 Å². The first-order valence-corrected chi connectivity index (χ1v) is 6.78. The third kappa shape index (κ3) is 5.03. The van der Waals surface area contributed by atoms with Gasteiger partial charge in [0, 0.05) is 6.54 Å². The average Bonchev–Trinajstić information content (AvgIpc) is 2.25. The van der Waals surface area contributed by atoms with Gasteiger partial charge in [0.1, 0.15) is 0 Å². The number of nitrogens with zero attached hydrogens (tertiary/aromatic N) is 1. The highest BCUT2D eigenvalue weighted by atomic mass is 16.5. The van der Waals surface area contributed by atoms with Gasteiger partial charge in [-0.3, -0.25) is 0 Å². The van der Waals surface area contributed by atoms with Crippen LogP contribution < -0.4 is 5.32 Å². The van der Waals surface area contributed by atoms with Crippen LogP contribution >= 0.6 is 0 Å². The van der Waals surface area contributed by atoms with Crippen molar-refractivity contribution in [2.45, 2.75) is 53.0 Å². The zero-order valence-corrected chi connectivity index (χ0v) is 12.3. The van der Waals surface area contributed by atoms with Crippen molar-refractivity contribution >= 4 is 12.2 Å². The number of hydrogen-bond donors (Lipinski definition) is 1. The number of carbonyl (C=O) groups is 1. The Morgan fingerprint density at radius 2 is 2.11 bits per heavy atom. The molecular weight excluding hydrogens is 244 g/mol. The fourth-order valence-electron chi connectivity index (χ4n) is 3.35. The summed E-state index contributed by atoms with van der Waals surface area (Å²) < 4.78 is 4.87. The van der Waals surface area contributed by atoms with Crippen LogP contribution in [0.5, 0.6) is 0 Å². The van der Waals surface area contributed by atoms with Crippen LogP contribution in [0.4, 0.5) is 4.79 Å². The number of hydrogen-bond acceptors (Lipinski definition) is 4. The van der Waals surface area contributed by atoms with Gasteiger partial charge in [-0.25, -0.2) is 14.6 Å². The number of amides is 1. The van der Waals surface area contributed by atoms with Crippen molar-refractivity contribution in [1.82, 2.24) is 5.32 Å². The standard InChI is InChI=1S/C14H24N2O3/c1-5-19-12(18)15-9-14(4)7-11(16-10-17)6-13(2,3)8-14/h11H,5-9H2,1-4H3,(H,15,18). The minimum Gasteiger partial charge on any atom is -0.450 e. The number of nitrogens with one attached hydrogen (secondary N) is 1. The van der Waals surface area contributed by atoms with Crippen LogP contribution in [-0.2, 0) is 9.53 Å². The van der Waals surface area contributed by atoms with Gasteiger partial charge < -0.3 is 10.1 Å². The van der Waals surface area contributed by atoms with Crippen LogP contribution in [0, 0.1) is 10.8 Å². The molecule has 0 aromatic heterocycles. The van der Waals surface area contributed by atoms with Gasteiger partial charge in [0.2, 0.25) is 6.08 Å². The van der Waals surface area contributed by atoms with E-state index >= 15 is 0 Å². The van der Waals surface area contributed by atoms with Crippen LogP contribution in [0.25, 0.3) is 0 Å². The predicted molar refractivity (Wildman–Crippen MR) is 72.7 cm³/mol. The Morgan fingerprint density at radius 3 is 2.68 bits per heavy atom. The van der Waals surface area contributed by atoms with Crippen LogP contribution in [-0.4, -0.2) is 31.4 Å². The summed E-state index contributed by atoms with van der Waals surface area (Å²) in [6, 6.07) is -0.00440. The number of ether oxygens (including phenoxy) is 1. The molecule has 108 valence electrons. The second-order valence-corrected chi connectivity index (χ2v) is 6.51. The van der Waals surface area contributed by atoms with Gasteiger partial charge in [0.05, 0.1) is 12.6 Å². The van der Waals surface area contributed by atoms with Gasteiger partial charge >= 0.3 is 6.09 Å². The second kappa shape index (κ2) is 6.20. The van der Waals surface area contributed by atoms with Gasteiger partial charge in [-0.05, 0) is 37.0 Å². The highest BCUT2D eigenvalue weighted by molar-refractivity contribution is 5.67. The lowest BCUT2D eigenvalue weighted by Crippen LogP contribution is -2.44.